The van der Waals surface area contributed by atoms with Gasteiger partial charge in [0.15, 0.2) is 0 Å². The second-order valence-electron chi connectivity index (χ2n) is 10.0. The summed E-state index contributed by atoms with van der Waals surface area (Å²) in [7, 11) is 0. The molecule has 13 heteroatoms. The Kier molecular flexibility index (Phi) is 7.96. The molecule has 4 rings (SSSR count). The van der Waals surface area contributed by atoms with E-state index in [-0.39, 0.29) is 49.2 Å². The zero-order valence-electron chi connectivity index (χ0n) is 20.9. The highest BCUT2D eigenvalue weighted by atomic mass is 35.5. The molecule has 38 heavy (non-hydrogen) atoms. The molecule has 0 radical (unpaired) electrons. The van der Waals surface area contributed by atoms with Gasteiger partial charge in [0.05, 0.1) is 21.2 Å². The molecule has 3 amide bonds. The Balaban J connectivity index is 1.34. The fraction of sp³-hybridized carbons (Fsp3) is 0.360. The van der Waals surface area contributed by atoms with Gasteiger partial charge in [-0.15, -0.1) is 0 Å². The Morgan fingerprint density at radius 2 is 1.71 bits per heavy atom. The van der Waals surface area contributed by atoms with Crippen molar-refractivity contribution in [2.24, 2.45) is 10.6 Å². The lowest BCUT2D eigenvalue weighted by Gasteiger charge is -2.23. The summed E-state index contributed by atoms with van der Waals surface area (Å²) < 4.78 is 33.9. The molecule has 1 aromatic heterocycles. The summed E-state index contributed by atoms with van der Waals surface area (Å²) in [6, 6.07) is 3.29. The van der Waals surface area contributed by atoms with Crippen molar-refractivity contribution in [1.82, 2.24) is 14.8 Å². The van der Waals surface area contributed by atoms with Crippen molar-refractivity contribution >= 4 is 47.1 Å². The highest BCUT2D eigenvalue weighted by Crippen LogP contribution is 2.29. The van der Waals surface area contributed by atoms with Gasteiger partial charge < -0.3 is 19.9 Å². The van der Waals surface area contributed by atoms with E-state index in [1.807, 2.05) is 0 Å². The van der Waals surface area contributed by atoms with Crippen LogP contribution in [0.5, 0.6) is 0 Å². The van der Waals surface area contributed by atoms with Crippen LogP contribution in [0.25, 0.3) is 0 Å². The van der Waals surface area contributed by atoms with Crippen LogP contribution in [-0.4, -0.2) is 58.9 Å². The van der Waals surface area contributed by atoms with Crippen molar-refractivity contribution in [2.45, 2.75) is 32.3 Å². The number of pyridine rings is 1. The van der Waals surface area contributed by atoms with Gasteiger partial charge in [0.1, 0.15) is 23.9 Å². The van der Waals surface area contributed by atoms with E-state index in [2.05, 4.69) is 10.3 Å². The van der Waals surface area contributed by atoms with Crippen molar-refractivity contribution in [1.29, 1.82) is 0 Å². The second-order valence-corrected chi connectivity index (χ2v) is 11.1. The molecule has 0 atom stereocenters. The monoisotopic (exact) mass is 565 g/mol. The minimum Gasteiger partial charge on any atom is -0.443 e. The molecule has 3 heterocycles. The normalized spacial score (nSPS) is 15.1. The van der Waals surface area contributed by atoms with Gasteiger partial charge >= 0.3 is 6.09 Å². The number of hydrogen-bond acceptors (Lipinski definition) is 7. The maximum absolute atomic E-state index is 14.4. The van der Waals surface area contributed by atoms with Gasteiger partial charge in [-0.3, -0.25) is 19.7 Å². The maximum atomic E-state index is 14.4. The minimum absolute atomic E-state index is 0.0900. The first-order chi connectivity index (χ1) is 17.9. The van der Waals surface area contributed by atoms with Crippen LogP contribution in [0.15, 0.2) is 40.4 Å². The lowest BCUT2D eigenvalue weighted by atomic mass is 9.95. The first-order valence-corrected chi connectivity index (χ1v) is 12.9. The Morgan fingerprint density at radius 3 is 2.32 bits per heavy atom. The van der Waals surface area contributed by atoms with Gasteiger partial charge in [-0.25, -0.2) is 13.6 Å². The molecule has 0 saturated heterocycles. The Labute approximate surface area is 227 Å². The number of anilines is 1. The van der Waals surface area contributed by atoms with Crippen molar-refractivity contribution in [3.63, 3.8) is 0 Å². The van der Waals surface area contributed by atoms with Gasteiger partial charge in [-0.05, 0) is 41.3 Å². The number of carbonyl (C=O) groups excluding carboxylic acids is 3. The SMILES string of the molecule is CC(C)(C)C(=O)Nc1cc(Cl)cnc1COC(=O)N1CC2=C(C1)CN(C(=O)c1cc(F)c(SN)cc1F)C2. The van der Waals surface area contributed by atoms with Gasteiger partial charge in [0, 0.05) is 37.8 Å². The summed E-state index contributed by atoms with van der Waals surface area (Å²) in [5.74, 6) is -2.51. The van der Waals surface area contributed by atoms with Crippen LogP contribution in [0.4, 0.5) is 19.3 Å². The molecular weight excluding hydrogens is 540 g/mol. The first kappa shape index (κ1) is 27.8. The zero-order valence-corrected chi connectivity index (χ0v) is 22.5. The highest BCUT2D eigenvalue weighted by Gasteiger charge is 2.36. The molecule has 0 fully saturated rings. The minimum atomic E-state index is -0.851. The number of ether oxygens (including phenoxy) is 1. The molecule has 202 valence electrons. The number of halogens is 3. The molecule has 0 spiro atoms. The number of hydrogen-bond donors (Lipinski definition) is 2. The molecule has 0 saturated carbocycles. The predicted molar refractivity (Wildman–Crippen MR) is 138 cm³/mol. The number of nitrogens with zero attached hydrogens (tertiary/aromatic N) is 3. The largest absolute Gasteiger partial charge is 0.443 e. The number of amides is 3. The van der Waals surface area contributed by atoms with E-state index >= 15 is 0 Å². The number of benzene rings is 1. The zero-order chi connectivity index (χ0) is 27.8. The topological polar surface area (TPSA) is 118 Å². The Bertz CT molecular complexity index is 1330. The van der Waals surface area contributed by atoms with Gasteiger partial charge in [0.25, 0.3) is 5.91 Å². The van der Waals surface area contributed by atoms with Crippen molar-refractivity contribution in [3.05, 3.63) is 63.5 Å². The number of nitrogens with two attached hydrogens (primary N) is 1. The third kappa shape index (κ3) is 5.92. The molecule has 0 aliphatic carbocycles. The third-order valence-corrected chi connectivity index (χ3v) is 6.92. The van der Waals surface area contributed by atoms with E-state index < -0.39 is 29.0 Å². The van der Waals surface area contributed by atoms with Crippen molar-refractivity contribution in [3.8, 4) is 0 Å². The third-order valence-electron chi connectivity index (χ3n) is 6.15. The summed E-state index contributed by atoms with van der Waals surface area (Å²) in [6.45, 7) is 5.95. The van der Waals surface area contributed by atoms with Crippen LogP contribution in [0, 0.1) is 17.0 Å². The molecular formula is C25H26ClF2N5O4S. The van der Waals surface area contributed by atoms with E-state index in [0.29, 0.717) is 28.4 Å². The standard InChI is InChI=1S/C25H26ClF2N5O4S/c1-25(2,3)23(35)31-19-4-15(26)7-30-20(19)12-37-24(36)33-10-13-8-32(9-14(13)11-33)22(34)16-5-18(28)21(38-29)6-17(16)27/h4-7H,8-12,29H2,1-3H3,(H,31,35). The second kappa shape index (κ2) is 10.9. The molecule has 1 aromatic carbocycles. The summed E-state index contributed by atoms with van der Waals surface area (Å²) in [6.07, 6.45) is 0.802. The van der Waals surface area contributed by atoms with Gasteiger partial charge in [0.2, 0.25) is 5.91 Å². The van der Waals surface area contributed by atoms with E-state index in [4.69, 9.17) is 21.5 Å². The van der Waals surface area contributed by atoms with Crippen molar-refractivity contribution < 1.29 is 27.9 Å². The van der Waals surface area contributed by atoms with E-state index in [9.17, 15) is 23.2 Å². The van der Waals surface area contributed by atoms with Crippen molar-refractivity contribution in [2.75, 3.05) is 31.5 Å². The molecule has 3 N–H and O–H groups in total. The van der Waals surface area contributed by atoms with E-state index in [0.717, 1.165) is 23.3 Å². The average Bonchev–Trinajstić information content (AvgIpc) is 3.43. The van der Waals surface area contributed by atoms with Crippen LogP contribution >= 0.6 is 23.5 Å². The molecule has 2 aliphatic heterocycles. The lowest BCUT2D eigenvalue weighted by molar-refractivity contribution is -0.123. The quantitative estimate of drug-likeness (QED) is 0.408. The highest BCUT2D eigenvalue weighted by molar-refractivity contribution is 7.97. The van der Waals surface area contributed by atoms with Crippen LogP contribution in [-0.2, 0) is 16.1 Å². The Hall–Kier alpha value is -3.22. The summed E-state index contributed by atoms with van der Waals surface area (Å²) in [5.41, 5.74) is 1.34. The van der Waals surface area contributed by atoms with Gasteiger partial charge in [-0.2, -0.15) is 0 Å². The first-order valence-electron chi connectivity index (χ1n) is 11.6. The van der Waals surface area contributed by atoms with E-state index in [1.165, 1.54) is 22.1 Å². The lowest BCUT2D eigenvalue weighted by Crippen LogP contribution is -2.37. The molecule has 2 aliphatic rings. The van der Waals surface area contributed by atoms with Crippen LogP contribution in [0.2, 0.25) is 5.02 Å². The number of rotatable bonds is 5. The fourth-order valence-electron chi connectivity index (χ4n) is 4.03. The number of carbonyl (C=O) groups is 3. The van der Waals surface area contributed by atoms with Crippen LogP contribution < -0.4 is 10.5 Å². The average molecular weight is 566 g/mol. The number of nitrogens with one attached hydrogen (secondary N) is 1. The van der Waals surface area contributed by atoms with Crippen LogP contribution in [0.3, 0.4) is 0 Å². The fourth-order valence-corrected chi connectivity index (χ4v) is 4.53. The maximum Gasteiger partial charge on any atom is 0.410 e. The smallest absolute Gasteiger partial charge is 0.410 e. The summed E-state index contributed by atoms with van der Waals surface area (Å²) in [5, 5.41) is 8.40. The number of aromatic nitrogens is 1. The van der Waals surface area contributed by atoms with Gasteiger partial charge in [-0.1, -0.05) is 32.4 Å². The Morgan fingerprint density at radius 1 is 1.08 bits per heavy atom. The summed E-state index contributed by atoms with van der Waals surface area (Å²) in [4.78, 5) is 45.0. The molecule has 0 bridgehead atoms. The van der Waals surface area contributed by atoms with E-state index in [1.54, 1.807) is 20.8 Å². The predicted octanol–water partition coefficient (Wildman–Crippen LogP) is 4.37. The van der Waals surface area contributed by atoms with Crippen LogP contribution in [0.1, 0.15) is 36.8 Å². The molecule has 2 aromatic rings. The summed E-state index contributed by atoms with van der Waals surface area (Å²) >= 11 is 6.59. The molecule has 0 unspecified atom stereocenters. The molecule has 9 nitrogen and oxygen atoms in total.